The average molecular weight is 479 g/mol. The second kappa shape index (κ2) is 10.6. The summed E-state index contributed by atoms with van der Waals surface area (Å²) < 4.78 is 0.501. The maximum absolute atomic E-state index is 13.5. The molecule has 1 aliphatic heterocycles. The first kappa shape index (κ1) is 24.2. The summed E-state index contributed by atoms with van der Waals surface area (Å²) in [5, 5.41) is 5.80. The van der Waals surface area contributed by atoms with Gasteiger partial charge in [0.25, 0.3) is 11.8 Å². The zero-order chi connectivity index (χ0) is 24.1. The van der Waals surface area contributed by atoms with Crippen molar-refractivity contribution in [1.82, 2.24) is 10.7 Å². The fraction of sp³-hybridized carbons (Fsp3) is 0.357. The van der Waals surface area contributed by atoms with Crippen molar-refractivity contribution < 1.29 is 14.2 Å². The number of hydrogen-bond acceptors (Lipinski definition) is 2. The van der Waals surface area contributed by atoms with Crippen LogP contribution in [-0.2, 0) is 11.3 Å². The van der Waals surface area contributed by atoms with Crippen LogP contribution in [0.15, 0.2) is 66.7 Å². The number of halogens is 1. The molecule has 3 aromatic rings. The van der Waals surface area contributed by atoms with Crippen LogP contribution in [0.5, 0.6) is 0 Å². The van der Waals surface area contributed by atoms with Crippen molar-refractivity contribution in [3.8, 4) is 0 Å². The Morgan fingerprint density at radius 1 is 0.941 bits per heavy atom. The van der Waals surface area contributed by atoms with E-state index in [0.29, 0.717) is 28.1 Å². The first-order valence-electron chi connectivity index (χ1n) is 12.1. The van der Waals surface area contributed by atoms with Crippen LogP contribution in [0, 0.1) is 5.92 Å². The van der Waals surface area contributed by atoms with Gasteiger partial charge in [0.15, 0.2) is 0 Å². The summed E-state index contributed by atoms with van der Waals surface area (Å²) in [4.78, 5) is 26.6. The quantitative estimate of drug-likeness (QED) is 0.421. The number of hydrogen-bond donors (Lipinski definition) is 2. The van der Waals surface area contributed by atoms with E-state index in [-0.39, 0.29) is 17.7 Å². The van der Waals surface area contributed by atoms with E-state index in [4.69, 9.17) is 11.6 Å². The minimum Gasteiger partial charge on any atom is -0.340 e. The molecular formula is C28H33ClN3O2+. The van der Waals surface area contributed by atoms with E-state index in [2.05, 4.69) is 24.6 Å². The lowest BCUT2D eigenvalue weighted by Crippen LogP contribution is -2.62. The molecule has 0 bridgehead atoms. The molecule has 0 aliphatic carbocycles. The molecule has 0 radical (unpaired) electrons. The Morgan fingerprint density at radius 2 is 1.62 bits per heavy atom. The first-order valence-corrected chi connectivity index (χ1v) is 12.4. The van der Waals surface area contributed by atoms with Gasteiger partial charge >= 0.3 is 0 Å². The fourth-order valence-electron chi connectivity index (χ4n) is 4.78. The minimum absolute atomic E-state index is 0.126. The van der Waals surface area contributed by atoms with Crippen LogP contribution in [-0.4, -0.2) is 35.5 Å². The molecule has 1 heterocycles. The van der Waals surface area contributed by atoms with Gasteiger partial charge in [-0.05, 0) is 47.4 Å². The third-order valence-corrected chi connectivity index (χ3v) is 6.76. The lowest BCUT2D eigenvalue weighted by molar-refractivity contribution is -0.963. The van der Waals surface area contributed by atoms with Crippen LogP contribution in [0.3, 0.4) is 0 Å². The van der Waals surface area contributed by atoms with Gasteiger partial charge in [-0.2, -0.15) is 5.43 Å². The summed E-state index contributed by atoms with van der Waals surface area (Å²) in [6.07, 6.45) is 2.70. The summed E-state index contributed by atoms with van der Waals surface area (Å²) in [5.41, 5.74) is 4.99. The largest absolute Gasteiger partial charge is 0.340 e. The molecule has 34 heavy (non-hydrogen) atoms. The molecule has 2 N–H and O–H groups in total. The Kier molecular flexibility index (Phi) is 7.54. The van der Waals surface area contributed by atoms with Crippen molar-refractivity contribution >= 4 is 34.2 Å². The molecule has 2 amide bonds. The predicted octanol–water partition coefficient (Wildman–Crippen LogP) is 5.48. The van der Waals surface area contributed by atoms with Crippen LogP contribution >= 0.6 is 11.6 Å². The van der Waals surface area contributed by atoms with Gasteiger partial charge in [-0.25, -0.2) is 4.59 Å². The number of benzene rings is 3. The van der Waals surface area contributed by atoms with E-state index in [1.54, 1.807) is 0 Å². The highest BCUT2D eigenvalue weighted by Gasteiger charge is 2.37. The van der Waals surface area contributed by atoms with E-state index in [9.17, 15) is 9.59 Å². The molecule has 1 atom stereocenters. The van der Waals surface area contributed by atoms with E-state index < -0.39 is 6.04 Å². The second-order valence-corrected chi connectivity index (χ2v) is 10.2. The summed E-state index contributed by atoms with van der Waals surface area (Å²) in [5.74, 6) is -0.0909. The van der Waals surface area contributed by atoms with E-state index in [0.717, 1.165) is 42.3 Å². The highest BCUT2D eigenvalue weighted by molar-refractivity contribution is 6.30. The smallest absolute Gasteiger partial charge is 0.287 e. The number of nitrogens with zero attached hydrogens (tertiary/aromatic N) is 1. The molecule has 0 saturated carbocycles. The van der Waals surface area contributed by atoms with Crippen molar-refractivity contribution in [1.29, 1.82) is 0 Å². The number of carbonyl (C=O) groups is 2. The molecule has 1 aliphatic rings. The van der Waals surface area contributed by atoms with Crippen molar-refractivity contribution in [2.45, 2.75) is 45.7 Å². The number of quaternary nitrogens is 1. The summed E-state index contributed by atoms with van der Waals surface area (Å²) in [6, 6.07) is 20.8. The number of nitrogens with one attached hydrogen (secondary N) is 2. The van der Waals surface area contributed by atoms with Gasteiger partial charge in [-0.1, -0.05) is 67.9 Å². The molecule has 0 spiro atoms. The lowest BCUT2D eigenvalue weighted by atomic mass is 10.0. The second-order valence-electron chi connectivity index (χ2n) is 9.78. The molecule has 1 fully saturated rings. The van der Waals surface area contributed by atoms with Crippen LogP contribution in [0.25, 0.3) is 10.8 Å². The number of carbonyl (C=O) groups excluding carboxylic acids is 2. The van der Waals surface area contributed by atoms with Crippen LogP contribution in [0.4, 0.5) is 0 Å². The molecular weight excluding hydrogens is 446 g/mol. The molecule has 178 valence electrons. The summed E-state index contributed by atoms with van der Waals surface area (Å²) >= 11 is 6.05. The number of rotatable bonds is 8. The SMILES string of the molecule is CC(C)C[C@H](NC(=O)c1ccc2ccccc2c1)C(=O)N[N+]1(Cc2ccc(Cl)cc2)CCCC1. The standard InChI is InChI=1S/C28H32ClN3O2/c1-20(2)17-26(30-27(33)24-12-11-22-7-3-4-8-23(22)18-24)28(34)31-32(15-5-6-16-32)19-21-9-13-25(29)14-10-21/h3-4,7-14,18,20,26H,5-6,15-17,19H2,1-2H3,(H-,30,31,33,34)/p+1/t26-/m0/s1. The average Bonchev–Trinajstić information content (AvgIpc) is 3.27. The molecule has 3 aromatic carbocycles. The van der Waals surface area contributed by atoms with Crippen molar-refractivity contribution in [3.63, 3.8) is 0 Å². The van der Waals surface area contributed by atoms with Gasteiger partial charge in [0.05, 0.1) is 0 Å². The Hall–Kier alpha value is -2.89. The van der Waals surface area contributed by atoms with Gasteiger partial charge in [0.1, 0.15) is 25.7 Å². The zero-order valence-corrected chi connectivity index (χ0v) is 20.6. The van der Waals surface area contributed by atoms with Gasteiger partial charge in [-0.3, -0.25) is 9.59 Å². The Labute approximate surface area is 206 Å². The maximum Gasteiger partial charge on any atom is 0.287 e. The zero-order valence-electron chi connectivity index (χ0n) is 19.9. The maximum atomic E-state index is 13.5. The predicted molar refractivity (Wildman–Crippen MR) is 137 cm³/mol. The fourth-order valence-corrected chi connectivity index (χ4v) is 4.90. The summed E-state index contributed by atoms with van der Waals surface area (Å²) in [6.45, 7) is 6.59. The van der Waals surface area contributed by atoms with Crippen molar-refractivity contribution in [2.75, 3.05) is 13.1 Å². The molecule has 5 nitrogen and oxygen atoms in total. The Balaban J connectivity index is 1.50. The number of fused-ring (bicyclic) bond motifs is 1. The molecule has 6 heteroatoms. The lowest BCUT2D eigenvalue weighted by Gasteiger charge is -2.35. The molecule has 4 rings (SSSR count). The normalized spacial score (nSPS) is 15.9. The number of amides is 2. The molecule has 0 aromatic heterocycles. The third-order valence-electron chi connectivity index (χ3n) is 6.51. The summed E-state index contributed by atoms with van der Waals surface area (Å²) in [7, 11) is 0. The van der Waals surface area contributed by atoms with Crippen LogP contribution in [0.2, 0.25) is 5.02 Å². The Morgan fingerprint density at radius 3 is 2.29 bits per heavy atom. The Bertz CT molecular complexity index is 1150. The van der Waals surface area contributed by atoms with Crippen molar-refractivity contribution in [2.24, 2.45) is 5.92 Å². The van der Waals surface area contributed by atoms with E-state index >= 15 is 0 Å². The third kappa shape index (κ3) is 5.96. The highest BCUT2D eigenvalue weighted by Crippen LogP contribution is 2.23. The monoisotopic (exact) mass is 478 g/mol. The first-order chi connectivity index (χ1) is 16.3. The van der Waals surface area contributed by atoms with Gasteiger partial charge < -0.3 is 5.32 Å². The topological polar surface area (TPSA) is 58.2 Å². The molecule has 0 unspecified atom stereocenters. The van der Waals surface area contributed by atoms with Crippen LogP contribution in [0.1, 0.15) is 49.0 Å². The van der Waals surface area contributed by atoms with Crippen LogP contribution < -0.4 is 10.7 Å². The molecule has 1 saturated heterocycles. The van der Waals surface area contributed by atoms with E-state index in [1.165, 1.54) is 0 Å². The van der Waals surface area contributed by atoms with Gasteiger partial charge in [0, 0.05) is 29.0 Å². The van der Waals surface area contributed by atoms with E-state index in [1.807, 2.05) is 66.7 Å². The van der Waals surface area contributed by atoms with Gasteiger partial charge in [0.2, 0.25) is 0 Å². The minimum atomic E-state index is -0.597. The van der Waals surface area contributed by atoms with Crippen molar-refractivity contribution in [3.05, 3.63) is 82.9 Å². The highest BCUT2D eigenvalue weighted by atomic mass is 35.5. The number of likely N-dealkylation sites (tertiary alicyclic amines) is 1. The van der Waals surface area contributed by atoms with Gasteiger partial charge in [-0.15, -0.1) is 0 Å².